The van der Waals surface area contributed by atoms with Gasteiger partial charge in [0.15, 0.2) is 0 Å². The van der Waals surface area contributed by atoms with Crippen LogP contribution >= 0.6 is 0 Å². The minimum Gasteiger partial charge on any atom is -0.370 e. The Labute approximate surface area is 124 Å². The molecule has 0 saturated carbocycles. The van der Waals surface area contributed by atoms with Crippen molar-refractivity contribution < 1.29 is 9.59 Å². The van der Waals surface area contributed by atoms with E-state index < -0.39 is 0 Å². The van der Waals surface area contributed by atoms with E-state index in [0.717, 1.165) is 32.5 Å². The van der Waals surface area contributed by atoms with Crippen molar-refractivity contribution in [2.75, 3.05) is 31.5 Å². The average Bonchev–Trinajstić information content (AvgIpc) is 2.89. The number of nitrogens with one attached hydrogen (secondary N) is 2. The summed E-state index contributed by atoms with van der Waals surface area (Å²) < 4.78 is 0. The standard InChI is InChI=1S/C15H22N4O2/c1-2-16-13-11-12(6-8-17-13)15(21)18-7-4-10-19-9-3-5-14(19)20/h6,8,11H,2-5,7,9-10H2,1H3,(H,16,17)(H,18,21). The van der Waals surface area contributed by atoms with Gasteiger partial charge in [-0.05, 0) is 31.9 Å². The molecule has 1 aliphatic rings. The van der Waals surface area contributed by atoms with E-state index in [4.69, 9.17) is 0 Å². The molecule has 2 rings (SSSR count). The lowest BCUT2D eigenvalue weighted by Gasteiger charge is -2.15. The number of hydrogen-bond donors (Lipinski definition) is 2. The smallest absolute Gasteiger partial charge is 0.251 e. The van der Waals surface area contributed by atoms with E-state index in [1.807, 2.05) is 11.8 Å². The first-order valence-corrected chi connectivity index (χ1v) is 7.46. The van der Waals surface area contributed by atoms with Crippen LogP contribution in [0.1, 0.15) is 36.5 Å². The van der Waals surface area contributed by atoms with Crippen molar-refractivity contribution in [2.45, 2.75) is 26.2 Å². The average molecular weight is 290 g/mol. The number of nitrogens with zero attached hydrogens (tertiary/aromatic N) is 2. The summed E-state index contributed by atoms with van der Waals surface area (Å²) in [4.78, 5) is 29.5. The summed E-state index contributed by atoms with van der Waals surface area (Å²) in [5.41, 5.74) is 0.596. The maximum Gasteiger partial charge on any atom is 0.251 e. The number of hydrogen-bond acceptors (Lipinski definition) is 4. The van der Waals surface area contributed by atoms with E-state index in [9.17, 15) is 9.59 Å². The summed E-state index contributed by atoms with van der Waals surface area (Å²) in [5, 5.41) is 5.95. The van der Waals surface area contributed by atoms with Gasteiger partial charge in [0.2, 0.25) is 5.91 Å². The van der Waals surface area contributed by atoms with Crippen molar-refractivity contribution in [3.05, 3.63) is 23.9 Å². The van der Waals surface area contributed by atoms with Crippen molar-refractivity contribution in [3.8, 4) is 0 Å². The predicted octanol–water partition coefficient (Wildman–Crippen LogP) is 1.26. The molecule has 0 radical (unpaired) electrons. The van der Waals surface area contributed by atoms with Crippen LogP contribution in [0.2, 0.25) is 0 Å². The van der Waals surface area contributed by atoms with Crippen molar-refractivity contribution in [3.63, 3.8) is 0 Å². The van der Waals surface area contributed by atoms with Crippen molar-refractivity contribution in [1.82, 2.24) is 15.2 Å². The van der Waals surface area contributed by atoms with Gasteiger partial charge >= 0.3 is 0 Å². The first kappa shape index (κ1) is 15.3. The van der Waals surface area contributed by atoms with Crippen LogP contribution in [0.15, 0.2) is 18.3 Å². The van der Waals surface area contributed by atoms with E-state index in [0.29, 0.717) is 24.3 Å². The Morgan fingerprint density at radius 1 is 1.48 bits per heavy atom. The molecule has 2 N–H and O–H groups in total. The molecule has 6 heteroatoms. The topological polar surface area (TPSA) is 74.3 Å². The van der Waals surface area contributed by atoms with Crippen molar-refractivity contribution in [1.29, 1.82) is 0 Å². The Kier molecular flexibility index (Phi) is 5.54. The molecule has 6 nitrogen and oxygen atoms in total. The Morgan fingerprint density at radius 3 is 3.05 bits per heavy atom. The van der Waals surface area contributed by atoms with Crippen LogP contribution in [0, 0.1) is 0 Å². The molecular formula is C15H22N4O2. The Bertz CT molecular complexity index is 504. The number of likely N-dealkylation sites (tertiary alicyclic amines) is 1. The number of rotatable bonds is 7. The summed E-state index contributed by atoms with van der Waals surface area (Å²) in [7, 11) is 0. The van der Waals surface area contributed by atoms with Gasteiger partial charge < -0.3 is 15.5 Å². The zero-order valence-corrected chi connectivity index (χ0v) is 12.4. The SMILES string of the molecule is CCNc1cc(C(=O)NCCCN2CCCC2=O)ccn1. The lowest BCUT2D eigenvalue weighted by Crippen LogP contribution is -2.30. The third-order valence-corrected chi connectivity index (χ3v) is 3.44. The number of amides is 2. The quantitative estimate of drug-likeness (QED) is 0.741. The van der Waals surface area contributed by atoms with Gasteiger partial charge in [0, 0.05) is 44.4 Å². The van der Waals surface area contributed by atoms with Crippen LogP contribution in [-0.4, -0.2) is 47.9 Å². The van der Waals surface area contributed by atoms with Crippen LogP contribution < -0.4 is 10.6 Å². The van der Waals surface area contributed by atoms with Gasteiger partial charge in [0.05, 0.1) is 0 Å². The number of pyridine rings is 1. The van der Waals surface area contributed by atoms with E-state index in [2.05, 4.69) is 15.6 Å². The second-order valence-corrected chi connectivity index (χ2v) is 5.05. The van der Waals surface area contributed by atoms with Gasteiger partial charge in [0.1, 0.15) is 5.82 Å². The summed E-state index contributed by atoms with van der Waals surface area (Å²) in [5.74, 6) is 0.822. The molecule has 0 bridgehead atoms. The molecule has 0 aliphatic carbocycles. The largest absolute Gasteiger partial charge is 0.370 e. The molecule has 21 heavy (non-hydrogen) atoms. The van der Waals surface area contributed by atoms with Crippen LogP contribution in [0.25, 0.3) is 0 Å². The molecule has 2 heterocycles. The summed E-state index contributed by atoms with van der Waals surface area (Å²) in [6.45, 7) is 4.89. The highest BCUT2D eigenvalue weighted by Gasteiger charge is 2.19. The molecular weight excluding hydrogens is 268 g/mol. The third kappa shape index (κ3) is 4.44. The Morgan fingerprint density at radius 2 is 2.33 bits per heavy atom. The van der Waals surface area contributed by atoms with Crippen LogP contribution in [0.5, 0.6) is 0 Å². The van der Waals surface area contributed by atoms with E-state index in [1.54, 1.807) is 18.3 Å². The summed E-state index contributed by atoms with van der Waals surface area (Å²) >= 11 is 0. The van der Waals surface area contributed by atoms with Crippen LogP contribution in [-0.2, 0) is 4.79 Å². The number of carbonyl (C=O) groups excluding carboxylic acids is 2. The second kappa shape index (κ2) is 7.61. The normalized spacial score (nSPS) is 14.3. The lowest BCUT2D eigenvalue weighted by atomic mass is 10.2. The van der Waals surface area contributed by atoms with Crippen LogP contribution in [0.3, 0.4) is 0 Å². The van der Waals surface area contributed by atoms with E-state index in [-0.39, 0.29) is 11.8 Å². The number of aromatic nitrogens is 1. The first-order chi connectivity index (χ1) is 10.2. The fourth-order valence-electron chi connectivity index (χ4n) is 2.36. The van der Waals surface area contributed by atoms with Gasteiger partial charge in [-0.2, -0.15) is 0 Å². The first-order valence-electron chi connectivity index (χ1n) is 7.46. The minimum absolute atomic E-state index is 0.107. The lowest BCUT2D eigenvalue weighted by molar-refractivity contribution is -0.127. The molecule has 114 valence electrons. The van der Waals surface area contributed by atoms with Gasteiger partial charge in [-0.25, -0.2) is 4.98 Å². The zero-order chi connectivity index (χ0) is 15.1. The summed E-state index contributed by atoms with van der Waals surface area (Å²) in [6, 6.07) is 3.43. The molecule has 2 amide bonds. The predicted molar refractivity (Wildman–Crippen MR) is 81.2 cm³/mol. The monoisotopic (exact) mass is 290 g/mol. The maximum atomic E-state index is 12.0. The Hall–Kier alpha value is -2.11. The van der Waals surface area contributed by atoms with Crippen molar-refractivity contribution in [2.24, 2.45) is 0 Å². The van der Waals surface area contributed by atoms with E-state index >= 15 is 0 Å². The Balaban J connectivity index is 1.74. The highest BCUT2D eigenvalue weighted by atomic mass is 16.2. The van der Waals surface area contributed by atoms with Crippen molar-refractivity contribution >= 4 is 17.6 Å². The number of anilines is 1. The third-order valence-electron chi connectivity index (χ3n) is 3.44. The fraction of sp³-hybridized carbons (Fsp3) is 0.533. The molecule has 0 aromatic carbocycles. The van der Waals surface area contributed by atoms with Crippen LogP contribution in [0.4, 0.5) is 5.82 Å². The zero-order valence-electron chi connectivity index (χ0n) is 12.4. The summed E-state index contributed by atoms with van der Waals surface area (Å²) in [6.07, 6.45) is 4.02. The molecule has 1 saturated heterocycles. The molecule has 1 aromatic heterocycles. The molecule has 1 aromatic rings. The highest BCUT2D eigenvalue weighted by Crippen LogP contribution is 2.09. The second-order valence-electron chi connectivity index (χ2n) is 5.05. The molecule has 0 atom stereocenters. The van der Waals surface area contributed by atoms with Gasteiger partial charge in [-0.3, -0.25) is 9.59 Å². The molecule has 0 spiro atoms. The van der Waals surface area contributed by atoms with Gasteiger partial charge in [-0.15, -0.1) is 0 Å². The van der Waals surface area contributed by atoms with E-state index in [1.165, 1.54) is 0 Å². The molecule has 1 fully saturated rings. The van der Waals surface area contributed by atoms with Gasteiger partial charge in [-0.1, -0.05) is 0 Å². The fourth-order valence-corrected chi connectivity index (χ4v) is 2.36. The molecule has 1 aliphatic heterocycles. The number of carbonyl (C=O) groups is 2. The minimum atomic E-state index is -0.107. The maximum absolute atomic E-state index is 12.0. The highest BCUT2D eigenvalue weighted by molar-refractivity contribution is 5.94. The van der Waals surface area contributed by atoms with Gasteiger partial charge in [0.25, 0.3) is 5.91 Å². The molecule has 0 unspecified atom stereocenters.